The fraction of sp³-hybridized carbons (Fsp3) is 0.545. The predicted molar refractivity (Wildman–Crippen MR) is 60.2 cm³/mol. The van der Waals surface area contributed by atoms with Gasteiger partial charge in [-0.25, -0.2) is 0 Å². The van der Waals surface area contributed by atoms with Crippen LogP contribution in [0, 0.1) is 0 Å². The van der Waals surface area contributed by atoms with Gasteiger partial charge in [-0.05, 0) is 31.5 Å². The molecule has 5 heteroatoms. The molecule has 16 heavy (non-hydrogen) atoms. The number of hydrogen-bond donors (Lipinski definition) is 1. The molecule has 3 heterocycles. The maximum Gasteiger partial charge on any atom is 0.177 e. The van der Waals surface area contributed by atoms with Crippen molar-refractivity contribution in [1.82, 2.24) is 25.1 Å². The first-order valence-electron chi connectivity index (χ1n) is 5.82. The molecule has 0 spiro atoms. The summed E-state index contributed by atoms with van der Waals surface area (Å²) in [5, 5.41) is 16.2. The van der Waals surface area contributed by atoms with Gasteiger partial charge in [0.25, 0.3) is 0 Å². The number of nitrogens with one attached hydrogen (secondary N) is 1. The van der Waals surface area contributed by atoms with Crippen molar-refractivity contribution in [2.45, 2.75) is 25.2 Å². The van der Waals surface area contributed by atoms with Gasteiger partial charge >= 0.3 is 0 Å². The Morgan fingerprint density at radius 1 is 1.31 bits per heavy atom. The summed E-state index contributed by atoms with van der Waals surface area (Å²) in [6, 6.07) is 3.83. The first-order valence-corrected chi connectivity index (χ1v) is 5.82. The Morgan fingerprint density at radius 2 is 2.31 bits per heavy atom. The average molecular weight is 217 g/mol. The second kappa shape index (κ2) is 4.17. The van der Waals surface area contributed by atoms with Crippen molar-refractivity contribution in [3.63, 3.8) is 0 Å². The molecule has 0 amide bonds. The van der Waals surface area contributed by atoms with Gasteiger partial charge in [-0.15, -0.1) is 10.2 Å². The Morgan fingerprint density at radius 3 is 3.31 bits per heavy atom. The van der Waals surface area contributed by atoms with Crippen LogP contribution in [0.5, 0.6) is 0 Å². The molecule has 0 saturated carbocycles. The summed E-state index contributed by atoms with van der Waals surface area (Å²) in [4.78, 5) is 0. The fourth-order valence-electron chi connectivity index (χ4n) is 2.26. The van der Waals surface area contributed by atoms with Crippen molar-refractivity contribution in [1.29, 1.82) is 0 Å². The first kappa shape index (κ1) is 9.72. The first-order chi connectivity index (χ1) is 7.95. The van der Waals surface area contributed by atoms with Crippen molar-refractivity contribution in [2.24, 2.45) is 0 Å². The lowest BCUT2D eigenvalue weighted by Gasteiger charge is -2.10. The molecule has 5 nitrogen and oxygen atoms in total. The van der Waals surface area contributed by atoms with Crippen LogP contribution in [0.2, 0.25) is 0 Å². The molecule has 1 saturated heterocycles. The lowest BCUT2D eigenvalue weighted by molar-refractivity contribution is 0.562. The Balaban J connectivity index is 1.97. The molecule has 1 aliphatic rings. The van der Waals surface area contributed by atoms with E-state index in [0.29, 0.717) is 5.92 Å². The van der Waals surface area contributed by atoms with E-state index in [0.717, 1.165) is 24.6 Å². The summed E-state index contributed by atoms with van der Waals surface area (Å²) >= 11 is 0. The molecule has 1 N–H and O–H groups in total. The van der Waals surface area contributed by atoms with Gasteiger partial charge in [-0.1, -0.05) is 6.42 Å². The lowest BCUT2D eigenvalue weighted by Crippen LogP contribution is -2.21. The van der Waals surface area contributed by atoms with E-state index in [4.69, 9.17) is 0 Å². The van der Waals surface area contributed by atoms with Crippen molar-refractivity contribution in [3.05, 3.63) is 24.2 Å². The van der Waals surface area contributed by atoms with Crippen molar-refractivity contribution >= 4 is 5.65 Å². The van der Waals surface area contributed by atoms with Crippen LogP contribution in [0.25, 0.3) is 5.65 Å². The van der Waals surface area contributed by atoms with E-state index in [2.05, 4.69) is 20.6 Å². The summed E-state index contributed by atoms with van der Waals surface area (Å²) in [5.74, 6) is 1.43. The monoisotopic (exact) mass is 217 g/mol. The highest BCUT2D eigenvalue weighted by Crippen LogP contribution is 2.21. The molecule has 0 aliphatic carbocycles. The van der Waals surface area contributed by atoms with E-state index < -0.39 is 0 Å². The van der Waals surface area contributed by atoms with Gasteiger partial charge in [0, 0.05) is 18.7 Å². The van der Waals surface area contributed by atoms with Gasteiger partial charge in [0.1, 0.15) is 0 Å². The number of hydrogen-bond acceptors (Lipinski definition) is 4. The van der Waals surface area contributed by atoms with Crippen molar-refractivity contribution in [2.75, 3.05) is 13.1 Å². The smallest absolute Gasteiger partial charge is 0.177 e. The third-order valence-electron chi connectivity index (χ3n) is 3.11. The maximum absolute atomic E-state index is 4.31. The van der Waals surface area contributed by atoms with E-state index in [9.17, 15) is 0 Å². The molecule has 2 aromatic heterocycles. The Labute approximate surface area is 93.9 Å². The maximum atomic E-state index is 4.31. The van der Waals surface area contributed by atoms with Gasteiger partial charge in [-0.2, -0.15) is 9.61 Å². The highest BCUT2D eigenvalue weighted by atomic mass is 15.4. The van der Waals surface area contributed by atoms with E-state index in [1.807, 2.05) is 16.6 Å². The number of aromatic nitrogens is 4. The molecule has 1 atom stereocenters. The van der Waals surface area contributed by atoms with Crippen LogP contribution >= 0.6 is 0 Å². The zero-order chi connectivity index (χ0) is 10.8. The molecular weight excluding hydrogens is 202 g/mol. The highest BCUT2D eigenvalue weighted by molar-refractivity contribution is 5.35. The summed E-state index contributed by atoms with van der Waals surface area (Å²) < 4.78 is 1.86. The van der Waals surface area contributed by atoms with Gasteiger partial charge in [0.05, 0.1) is 0 Å². The average Bonchev–Trinajstić information content (AvgIpc) is 2.57. The summed E-state index contributed by atoms with van der Waals surface area (Å²) in [6.07, 6.45) is 5.45. The lowest BCUT2D eigenvalue weighted by atomic mass is 10.0. The molecule has 1 unspecified atom stereocenters. The highest BCUT2D eigenvalue weighted by Gasteiger charge is 2.19. The normalized spacial score (nSPS) is 22.1. The number of fused-ring (bicyclic) bond motifs is 1. The third kappa shape index (κ3) is 1.67. The standard InChI is InChI=1S/C11H15N5/c1-2-6-12-8-9(4-1)11-15-14-10-5-3-7-13-16(10)11/h3,5,7,9,12H,1-2,4,6,8H2. The van der Waals surface area contributed by atoms with Crippen molar-refractivity contribution in [3.8, 4) is 0 Å². The second-order valence-electron chi connectivity index (χ2n) is 4.25. The molecule has 1 fully saturated rings. The van der Waals surface area contributed by atoms with Crippen LogP contribution in [-0.4, -0.2) is 32.9 Å². The SMILES string of the molecule is c1cnn2c(C3CCCCNC3)nnc2c1. The predicted octanol–water partition coefficient (Wildman–Crippen LogP) is 0.981. The zero-order valence-electron chi connectivity index (χ0n) is 9.13. The molecule has 0 radical (unpaired) electrons. The van der Waals surface area contributed by atoms with Crippen LogP contribution in [-0.2, 0) is 0 Å². The van der Waals surface area contributed by atoms with Crippen molar-refractivity contribution < 1.29 is 0 Å². The van der Waals surface area contributed by atoms with Crippen LogP contribution in [0.15, 0.2) is 18.3 Å². The zero-order valence-corrected chi connectivity index (χ0v) is 9.13. The fourth-order valence-corrected chi connectivity index (χ4v) is 2.26. The number of rotatable bonds is 1. The van der Waals surface area contributed by atoms with Crippen LogP contribution in [0.4, 0.5) is 0 Å². The van der Waals surface area contributed by atoms with E-state index >= 15 is 0 Å². The number of nitrogens with zero attached hydrogens (tertiary/aromatic N) is 4. The minimum Gasteiger partial charge on any atom is -0.316 e. The minimum absolute atomic E-state index is 0.437. The molecule has 0 bridgehead atoms. The Bertz CT molecular complexity index is 470. The molecule has 3 rings (SSSR count). The van der Waals surface area contributed by atoms with Gasteiger partial charge in [0.15, 0.2) is 11.5 Å². The van der Waals surface area contributed by atoms with Crippen LogP contribution < -0.4 is 5.32 Å². The second-order valence-corrected chi connectivity index (χ2v) is 4.25. The van der Waals surface area contributed by atoms with E-state index in [1.165, 1.54) is 19.3 Å². The van der Waals surface area contributed by atoms with Crippen LogP contribution in [0.3, 0.4) is 0 Å². The molecule has 0 aromatic carbocycles. The molecule has 84 valence electrons. The summed E-state index contributed by atoms with van der Waals surface area (Å²) in [7, 11) is 0. The summed E-state index contributed by atoms with van der Waals surface area (Å²) in [6.45, 7) is 2.10. The van der Waals surface area contributed by atoms with E-state index in [-0.39, 0.29) is 0 Å². The summed E-state index contributed by atoms with van der Waals surface area (Å²) in [5.41, 5.74) is 0.835. The molecule has 2 aromatic rings. The largest absolute Gasteiger partial charge is 0.316 e. The van der Waals surface area contributed by atoms with Crippen LogP contribution in [0.1, 0.15) is 31.0 Å². The molecular formula is C11H15N5. The molecule has 1 aliphatic heterocycles. The Kier molecular flexibility index (Phi) is 2.53. The third-order valence-corrected chi connectivity index (χ3v) is 3.11. The van der Waals surface area contributed by atoms with Gasteiger partial charge < -0.3 is 5.32 Å². The Hall–Kier alpha value is -1.49. The van der Waals surface area contributed by atoms with Gasteiger partial charge in [0.2, 0.25) is 0 Å². The topological polar surface area (TPSA) is 55.1 Å². The van der Waals surface area contributed by atoms with Gasteiger partial charge in [-0.3, -0.25) is 0 Å². The quantitative estimate of drug-likeness (QED) is 0.773. The minimum atomic E-state index is 0.437. The van der Waals surface area contributed by atoms with E-state index in [1.54, 1.807) is 6.20 Å².